The summed E-state index contributed by atoms with van der Waals surface area (Å²) in [5, 5.41) is 6.11. The van der Waals surface area contributed by atoms with Crippen LogP contribution in [0.15, 0.2) is 82.7 Å². The molecule has 1 aliphatic rings. The van der Waals surface area contributed by atoms with Crippen LogP contribution < -0.4 is 20.1 Å². The number of rotatable bonds is 8. The fourth-order valence-corrected chi connectivity index (χ4v) is 4.07. The van der Waals surface area contributed by atoms with Crippen molar-refractivity contribution in [2.45, 2.75) is 13.8 Å². The molecule has 0 spiro atoms. The summed E-state index contributed by atoms with van der Waals surface area (Å²) in [6.07, 6.45) is 1.77. The van der Waals surface area contributed by atoms with Gasteiger partial charge in [-0.25, -0.2) is 4.99 Å². The number of carbonyl (C=O) groups excluding carboxylic acids is 2. The van der Waals surface area contributed by atoms with Gasteiger partial charge in [0.05, 0.1) is 17.2 Å². The highest BCUT2D eigenvalue weighted by molar-refractivity contribution is 8.18. The Labute approximate surface area is 208 Å². The monoisotopic (exact) mass is 487 g/mol. The zero-order chi connectivity index (χ0) is 24.6. The summed E-state index contributed by atoms with van der Waals surface area (Å²) in [6.45, 7) is 4.12. The standard InChI is InChI=1S/C27H25N3O4S/c1-3-33-23-15-19(16-24-26(32)30-27(35-24)29-20-7-5-4-6-8-20)11-14-22(23)34-17-25(31)28-21-12-9-18(2)10-13-21/h4-16H,3,17H2,1-2H3,(H,28,31)(H,29,30,32)/b24-16+. The molecule has 0 unspecified atom stereocenters. The van der Waals surface area contributed by atoms with Crippen LogP contribution in [0, 0.1) is 6.92 Å². The fraction of sp³-hybridized carbons (Fsp3) is 0.148. The van der Waals surface area contributed by atoms with Crippen molar-refractivity contribution in [2.75, 3.05) is 18.5 Å². The van der Waals surface area contributed by atoms with Crippen LogP contribution in [-0.4, -0.2) is 30.2 Å². The smallest absolute Gasteiger partial charge is 0.264 e. The number of amides is 2. The van der Waals surface area contributed by atoms with Crippen LogP contribution in [0.1, 0.15) is 18.1 Å². The van der Waals surface area contributed by atoms with Crippen LogP contribution in [0.4, 0.5) is 11.4 Å². The van der Waals surface area contributed by atoms with E-state index in [2.05, 4.69) is 15.6 Å². The number of hydrogen-bond acceptors (Lipinski definition) is 6. The largest absolute Gasteiger partial charge is 0.490 e. The molecule has 0 atom stereocenters. The van der Waals surface area contributed by atoms with E-state index in [0.717, 1.165) is 16.8 Å². The number of ether oxygens (including phenoxy) is 2. The van der Waals surface area contributed by atoms with Crippen molar-refractivity contribution in [1.82, 2.24) is 5.32 Å². The summed E-state index contributed by atoms with van der Waals surface area (Å²) in [7, 11) is 0. The van der Waals surface area contributed by atoms with Crippen LogP contribution in [-0.2, 0) is 9.59 Å². The molecule has 2 N–H and O–H groups in total. The highest BCUT2D eigenvalue weighted by atomic mass is 32.2. The summed E-state index contributed by atoms with van der Waals surface area (Å²) < 4.78 is 11.4. The number of anilines is 1. The lowest BCUT2D eigenvalue weighted by Gasteiger charge is -2.13. The maximum absolute atomic E-state index is 12.4. The number of thioether (sulfide) groups is 1. The predicted molar refractivity (Wildman–Crippen MR) is 140 cm³/mol. The normalized spacial score (nSPS) is 15.2. The zero-order valence-corrected chi connectivity index (χ0v) is 20.2. The second kappa shape index (κ2) is 11.4. The lowest BCUT2D eigenvalue weighted by Crippen LogP contribution is -2.20. The number of benzene rings is 3. The Kier molecular flexibility index (Phi) is 7.84. The second-order valence-corrected chi connectivity index (χ2v) is 8.69. The van der Waals surface area contributed by atoms with Crippen molar-refractivity contribution in [1.29, 1.82) is 0 Å². The van der Waals surface area contributed by atoms with Crippen molar-refractivity contribution in [3.63, 3.8) is 0 Å². The number of aryl methyl sites for hydroxylation is 1. The van der Waals surface area contributed by atoms with Crippen LogP contribution in [0.5, 0.6) is 11.5 Å². The summed E-state index contributed by atoms with van der Waals surface area (Å²) in [5.74, 6) is 0.456. The Morgan fingerprint density at radius 3 is 2.54 bits per heavy atom. The molecule has 4 rings (SSSR count). The molecule has 178 valence electrons. The molecule has 0 aliphatic carbocycles. The first-order valence-electron chi connectivity index (χ1n) is 11.1. The topological polar surface area (TPSA) is 89.0 Å². The highest BCUT2D eigenvalue weighted by Crippen LogP contribution is 2.32. The number of nitrogens with zero attached hydrogens (tertiary/aromatic N) is 1. The van der Waals surface area contributed by atoms with Crippen molar-refractivity contribution < 1.29 is 19.1 Å². The van der Waals surface area contributed by atoms with Crippen LogP contribution in [0.3, 0.4) is 0 Å². The van der Waals surface area contributed by atoms with E-state index >= 15 is 0 Å². The molecule has 0 saturated carbocycles. The summed E-state index contributed by atoms with van der Waals surface area (Å²) >= 11 is 1.27. The first-order valence-corrected chi connectivity index (χ1v) is 11.9. The van der Waals surface area contributed by atoms with Gasteiger partial charge in [0.25, 0.3) is 11.8 Å². The van der Waals surface area contributed by atoms with Crippen LogP contribution >= 0.6 is 11.8 Å². The Bertz CT molecular complexity index is 1270. The number of aliphatic imine (C=N–C) groups is 1. The predicted octanol–water partition coefficient (Wildman–Crippen LogP) is 5.30. The highest BCUT2D eigenvalue weighted by Gasteiger charge is 2.24. The SMILES string of the molecule is CCOc1cc(/C=C2/SC(=Nc3ccccc3)NC2=O)ccc1OCC(=O)Nc1ccc(C)cc1. The molecule has 7 nitrogen and oxygen atoms in total. The van der Waals surface area contributed by atoms with E-state index in [1.807, 2.05) is 74.5 Å². The summed E-state index contributed by atoms with van der Waals surface area (Å²) in [5.41, 5.74) is 3.36. The van der Waals surface area contributed by atoms with E-state index in [1.165, 1.54) is 11.8 Å². The average molecular weight is 488 g/mol. The minimum absolute atomic E-state index is 0.161. The van der Waals surface area contributed by atoms with Crippen molar-refractivity contribution in [3.8, 4) is 11.5 Å². The van der Waals surface area contributed by atoms with E-state index in [1.54, 1.807) is 18.2 Å². The number of nitrogens with one attached hydrogen (secondary N) is 2. The third kappa shape index (κ3) is 6.74. The van der Waals surface area contributed by atoms with Crippen molar-refractivity contribution in [2.24, 2.45) is 4.99 Å². The quantitative estimate of drug-likeness (QED) is 0.421. The first-order chi connectivity index (χ1) is 17.0. The zero-order valence-electron chi connectivity index (χ0n) is 19.4. The summed E-state index contributed by atoms with van der Waals surface area (Å²) in [6, 6.07) is 22.3. The molecule has 8 heteroatoms. The van der Waals surface area contributed by atoms with E-state index in [4.69, 9.17) is 9.47 Å². The van der Waals surface area contributed by atoms with E-state index in [-0.39, 0.29) is 18.4 Å². The summed E-state index contributed by atoms with van der Waals surface area (Å²) in [4.78, 5) is 29.7. The average Bonchev–Trinajstić information content (AvgIpc) is 3.19. The molecule has 1 fully saturated rings. The van der Waals surface area contributed by atoms with E-state index in [0.29, 0.717) is 33.9 Å². The number of hydrogen-bond donors (Lipinski definition) is 2. The van der Waals surface area contributed by atoms with Gasteiger partial charge in [0.15, 0.2) is 23.3 Å². The molecule has 0 radical (unpaired) electrons. The maximum Gasteiger partial charge on any atom is 0.264 e. The maximum atomic E-state index is 12.4. The third-order valence-corrected chi connectivity index (χ3v) is 5.81. The third-order valence-electron chi connectivity index (χ3n) is 4.90. The second-order valence-electron chi connectivity index (χ2n) is 7.66. The van der Waals surface area contributed by atoms with Gasteiger partial charge in [0, 0.05) is 5.69 Å². The molecule has 1 saturated heterocycles. The molecule has 2 amide bonds. The molecule has 0 bridgehead atoms. The lowest BCUT2D eigenvalue weighted by atomic mass is 10.2. The Hall–Kier alpha value is -4.04. The van der Waals surface area contributed by atoms with Crippen LogP contribution in [0.25, 0.3) is 6.08 Å². The molecular weight excluding hydrogens is 462 g/mol. The van der Waals surface area contributed by atoms with Gasteiger partial charge >= 0.3 is 0 Å². The van der Waals surface area contributed by atoms with Gasteiger partial charge in [-0.1, -0.05) is 42.0 Å². The molecule has 3 aromatic rings. The first kappa shape index (κ1) is 24.1. The van der Waals surface area contributed by atoms with E-state index in [9.17, 15) is 9.59 Å². The molecule has 0 aromatic heterocycles. The number of carbonyl (C=O) groups is 2. The fourth-order valence-electron chi connectivity index (χ4n) is 3.23. The molecular formula is C27H25N3O4S. The van der Waals surface area contributed by atoms with Gasteiger partial charge in [-0.2, -0.15) is 0 Å². The van der Waals surface area contributed by atoms with Crippen molar-refractivity contribution >= 4 is 46.2 Å². The minimum atomic E-state index is -0.272. The van der Waals surface area contributed by atoms with Gasteiger partial charge in [0.1, 0.15) is 0 Å². The van der Waals surface area contributed by atoms with Gasteiger partial charge in [-0.05, 0) is 73.6 Å². The van der Waals surface area contributed by atoms with Gasteiger partial charge in [-0.15, -0.1) is 0 Å². The molecule has 35 heavy (non-hydrogen) atoms. The number of amidine groups is 1. The Morgan fingerprint density at radius 2 is 1.80 bits per heavy atom. The lowest BCUT2D eigenvalue weighted by molar-refractivity contribution is -0.118. The van der Waals surface area contributed by atoms with E-state index < -0.39 is 0 Å². The molecule has 1 aliphatic heterocycles. The van der Waals surface area contributed by atoms with Crippen molar-refractivity contribution in [3.05, 3.63) is 88.8 Å². The van der Waals surface area contributed by atoms with Gasteiger partial charge < -0.3 is 20.1 Å². The number of para-hydroxylation sites is 1. The molecule has 3 aromatic carbocycles. The Morgan fingerprint density at radius 1 is 1.03 bits per heavy atom. The minimum Gasteiger partial charge on any atom is -0.490 e. The molecule has 1 heterocycles. The van der Waals surface area contributed by atoms with Gasteiger partial charge in [-0.3, -0.25) is 9.59 Å². The Balaban J connectivity index is 1.43. The van der Waals surface area contributed by atoms with Crippen LogP contribution in [0.2, 0.25) is 0 Å². The van der Waals surface area contributed by atoms with Gasteiger partial charge in [0.2, 0.25) is 0 Å².